The molecule has 0 fully saturated rings. The zero-order valence-electron chi connectivity index (χ0n) is 16.2. The molecular weight excluding hydrogens is 373 g/mol. The summed E-state index contributed by atoms with van der Waals surface area (Å²) in [5.74, 6) is 0.0431. The van der Waals surface area contributed by atoms with Crippen LogP contribution < -0.4 is 15.6 Å². The third kappa shape index (κ3) is 3.89. The summed E-state index contributed by atoms with van der Waals surface area (Å²) in [6, 6.07) is 8.58. The van der Waals surface area contributed by atoms with Gasteiger partial charge < -0.3 is 14.6 Å². The maximum absolute atomic E-state index is 13.1. The van der Waals surface area contributed by atoms with E-state index in [4.69, 9.17) is 4.74 Å². The molecule has 1 aliphatic heterocycles. The lowest BCUT2D eigenvalue weighted by Crippen LogP contribution is -2.20. The van der Waals surface area contributed by atoms with Crippen LogP contribution in [0, 0.1) is 12.7 Å². The van der Waals surface area contributed by atoms with Crippen LogP contribution in [0.1, 0.15) is 23.2 Å². The quantitative estimate of drug-likeness (QED) is 0.738. The van der Waals surface area contributed by atoms with Crippen molar-refractivity contribution in [3.63, 3.8) is 0 Å². The number of aromatic nitrogens is 2. The smallest absolute Gasteiger partial charge is 0.253 e. The van der Waals surface area contributed by atoms with Crippen LogP contribution in [0.25, 0.3) is 11.1 Å². The van der Waals surface area contributed by atoms with Gasteiger partial charge in [-0.3, -0.25) is 14.6 Å². The molecule has 3 aromatic rings. The molecule has 0 spiro atoms. The zero-order chi connectivity index (χ0) is 20.5. The van der Waals surface area contributed by atoms with Crippen LogP contribution in [0.5, 0.6) is 5.75 Å². The number of amides is 1. The number of benzene rings is 1. The molecule has 0 radical (unpaired) electrons. The van der Waals surface area contributed by atoms with Crippen LogP contribution in [0.4, 0.5) is 10.1 Å². The summed E-state index contributed by atoms with van der Waals surface area (Å²) in [5.41, 5.74) is 4.57. The summed E-state index contributed by atoms with van der Waals surface area (Å²) in [6.07, 6.45) is 3.93. The third-order valence-electron chi connectivity index (χ3n) is 4.93. The molecule has 1 aromatic carbocycles. The highest BCUT2D eigenvalue weighted by molar-refractivity contribution is 5.96. The highest BCUT2D eigenvalue weighted by Gasteiger charge is 2.21. The predicted molar refractivity (Wildman–Crippen MR) is 107 cm³/mol. The summed E-state index contributed by atoms with van der Waals surface area (Å²) in [5, 5.41) is 2.88. The molecule has 2 aromatic heterocycles. The molecule has 0 saturated heterocycles. The summed E-state index contributed by atoms with van der Waals surface area (Å²) < 4.78 is 20.6. The number of halogens is 1. The highest BCUT2D eigenvalue weighted by atomic mass is 19.1. The number of hydrogen-bond acceptors (Lipinski definition) is 4. The first-order chi connectivity index (χ1) is 13.9. The Hall–Kier alpha value is -3.48. The summed E-state index contributed by atoms with van der Waals surface area (Å²) >= 11 is 0. The minimum atomic E-state index is -0.412. The first kappa shape index (κ1) is 18.9. The van der Waals surface area contributed by atoms with Gasteiger partial charge in [-0.05, 0) is 60.4 Å². The molecule has 0 unspecified atom stereocenters. The molecule has 1 aliphatic rings. The molecular formula is C22H20FN3O3. The van der Waals surface area contributed by atoms with Crippen molar-refractivity contribution in [1.82, 2.24) is 9.55 Å². The number of carbonyl (C=O) groups is 1. The molecule has 7 heteroatoms. The van der Waals surface area contributed by atoms with Crippen molar-refractivity contribution in [3.05, 3.63) is 75.7 Å². The van der Waals surface area contributed by atoms with Gasteiger partial charge in [-0.15, -0.1) is 0 Å². The van der Waals surface area contributed by atoms with Gasteiger partial charge in [0.15, 0.2) is 0 Å². The van der Waals surface area contributed by atoms with Crippen LogP contribution in [0.2, 0.25) is 0 Å². The fourth-order valence-electron chi connectivity index (χ4n) is 3.42. The van der Waals surface area contributed by atoms with Crippen molar-refractivity contribution in [1.29, 1.82) is 0 Å². The van der Waals surface area contributed by atoms with Crippen LogP contribution in [0.15, 0.2) is 47.5 Å². The van der Waals surface area contributed by atoms with Crippen LogP contribution >= 0.6 is 0 Å². The van der Waals surface area contributed by atoms with Crippen molar-refractivity contribution in [2.24, 2.45) is 7.05 Å². The Morgan fingerprint density at radius 2 is 2.00 bits per heavy atom. The highest BCUT2D eigenvalue weighted by Crippen LogP contribution is 2.37. The number of aryl methyl sites for hydroxylation is 3. The van der Waals surface area contributed by atoms with Crippen LogP contribution in [-0.2, 0) is 24.9 Å². The van der Waals surface area contributed by atoms with Crippen LogP contribution in [-0.4, -0.2) is 15.5 Å². The molecule has 0 bridgehead atoms. The van der Waals surface area contributed by atoms with E-state index in [9.17, 15) is 14.0 Å². The fourth-order valence-corrected chi connectivity index (χ4v) is 3.42. The van der Waals surface area contributed by atoms with Crippen LogP contribution in [0.3, 0.4) is 0 Å². The minimum absolute atomic E-state index is 0.0437. The lowest BCUT2D eigenvalue weighted by Gasteiger charge is -2.22. The van der Waals surface area contributed by atoms with Gasteiger partial charge >= 0.3 is 0 Å². The molecule has 0 atom stereocenters. The number of anilines is 1. The zero-order valence-corrected chi connectivity index (χ0v) is 16.2. The second-order valence-corrected chi connectivity index (χ2v) is 7.14. The van der Waals surface area contributed by atoms with E-state index in [-0.39, 0.29) is 18.1 Å². The predicted octanol–water partition coefficient (Wildman–Crippen LogP) is 3.36. The SMILES string of the molecule is Cc1cc(-c2cc3c(c(OCc4ccc(F)cn4)c2)NC(=O)CC3)cn(C)c1=O. The Kier molecular flexibility index (Phi) is 4.88. The van der Waals surface area contributed by atoms with Crippen molar-refractivity contribution < 1.29 is 13.9 Å². The molecule has 148 valence electrons. The van der Waals surface area contributed by atoms with Crippen molar-refractivity contribution >= 4 is 11.6 Å². The number of nitrogens with one attached hydrogen (secondary N) is 1. The van der Waals surface area contributed by atoms with E-state index >= 15 is 0 Å². The number of ether oxygens (including phenoxy) is 1. The van der Waals surface area contributed by atoms with Crippen molar-refractivity contribution in [3.8, 4) is 16.9 Å². The first-order valence-electron chi connectivity index (χ1n) is 9.28. The average molecular weight is 393 g/mol. The molecule has 29 heavy (non-hydrogen) atoms. The number of fused-ring (bicyclic) bond motifs is 1. The Morgan fingerprint density at radius 1 is 1.17 bits per heavy atom. The topological polar surface area (TPSA) is 73.2 Å². The van der Waals surface area contributed by atoms with E-state index in [0.717, 1.165) is 22.9 Å². The van der Waals surface area contributed by atoms with E-state index < -0.39 is 5.82 Å². The van der Waals surface area contributed by atoms with Gasteiger partial charge in [-0.25, -0.2) is 4.39 Å². The Labute approximate surface area is 167 Å². The van der Waals surface area contributed by atoms with E-state index in [2.05, 4.69) is 10.3 Å². The van der Waals surface area contributed by atoms with E-state index in [1.165, 1.54) is 6.07 Å². The number of rotatable bonds is 4. The van der Waals surface area contributed by atoms with Gasteiger partial charge in [0.25, 0.3) is 5.56 Å². The molecule has 6 nitrogen and oxygen atoms in total. The maximum atomic E-state index is 13.1. The van der Waals surface area contributed by atoms with E-state index in [1.807, 2.05) is 18.2 Å². The summed E-state index contributed by atoms with van der Waals surface area (Å²) in [4.78, 5) is 27.9. The second kappa shape index (κ2) is 7.50. The Morgan fingerprint density at radius 3 is 2.72 bits per heavy atom. The van der Waals surface area contributed by atoms with Crippen molar-refractivity contribution in [2.45, 2.75) is 26.4 Å². The lowest BCUT2D eigenvalue weighted by atomic mass is 9.96. The van der Waals surface area contributed by atoms with Gasteiger partial charge in [0.1, 0.15) is 18.2 Å². The number of carbonyl (C=O) groups excluding carboxylic acids is 1. The number of hydrogen-bond donors (Lipinski definition) is 1. The van der Waals surface area contributed by atoms with E-state index in [0.29, 0.717) is 35.5 Å². The summed E-state index contributed by atoms with van der Waals surface area (Å²) in [7, 11) is 1.72. The van der Waals surface area contributed by atoms with Gasteiger partial charge in [0.2, 0.25) is 5.91 Å². The van der Waals surface area contributed by atoms with Gasteiger partial charge in [-0.1, -0.05) is 0 Å². The Balaban J connectivity index is 1.74. The molecule has 1 N–H and O–H groups in total. The lowest BCUT2D eigenvalue weighted by molar-refractivity contribution is -0.116. The molecule has 0 aliphatic carbocycles. The number of nitrogens with zero attached hydrogens (tertiary/aromatic N) is 2. The minimum Gasteiger partial charge on any atom is -0.485 e. The first-order valence-corrected chi connectivity index (χ1v) is 9.28. The number of pyridine rings is 2. The molecule has 0 saturated carbocycles. The van der Waals surface area contributed by atoms with Gasteiger partial charge in [0.05, 0.1) is 17.6 Å². The Bertz CT molecular complexity index is 1130. The summed E-state index contributed by atoms with van der Waals surface area (Å²) in [6.45, 7) is 1.92. The normalized spacial score (nSPS) is 13.0. The van der Waals surface area contributed by atoms with Gasteiger partial charge in [0, 0.05) is 25.2 Å². The van der Waals surface area contributed by atoms with Gasteiger partial charge in [-0.2, -0.15) is 0 Å². The molecule has 1 amide bonds. The molecule has 4 rings (SSSR count). The standard InChI is InChI=1S/C22H20FN3O3/c1-13-7-16(11-26(2)22(13)28)15-8-14-3-6-20(27)25-21(14)19(9-15)29-12-18-5-4-17(23)10-24-18/h4-5,7-11H,3,6,12H2,1-2H3,(H,25,27). The van der Waals surface area contributed by atoms with Crippen molar-refractivity contribution in [2.75, 3.05) is 5.32 Å². The maximum Gasteiger partial charge on any atom is 0.253 e. The largest absolute Gasteiger partial charge is 0.485 e. The monoisotopic (exact) mass is 393 g/mol. The second-order valence-electron chi connectivity index (χ2n) is 7.14. The third-order valence-corrected chi connectivity index (χ3v) is 4.93. The molecule has 3 heterocycles. The fraction of sp³-hybridized carbons (Fsp3) is 0.227. The van der Waals surface area contributed by atoms with E-state index in [1.54, 1.807) is 30.8 Å². The average Bonchev–Trinajstić information content (AvgIpc) is 2.71.